The molecular formula is C22H22N6O. The molecule has 0 saturated carbocycles. The lowest BCUT2D eigenvalue weighted by atomic mass is 10.2. The zero-order valence-corrected chi connectivity index (χ0v) is 16.2. The Hall–Kier alpha value is -3.63. The van der Waals surface area contributed by atoms with Crippen LogP contribution in [0.1, 0.15) is 11.4 Å². The summed E-state index contributed by atoms with van der Waals surface area (Å²) in [6, 6.07) is 19.5. The van der Waals surface area contributed by atoms with Gasteiger partial charge in [0.25, 0.3) is 0 Å². The van der Waals surface area contributed by atoms with E-state index in [1.807, 2.05) is 43.3 Å². The lowest BCUT2D eigenvalue weighted by Crippen LogP contribution is -2.36. The monoisotopic (exact) mass is 386 g/mol. The first-order valence-corrected chi connectivity index (χ1v) is 9.53. The number of aromatic nitrogens is 2. The summed E-state index contributed by atoms with van der Waals surface area (Å²) in [5.41, 5.74) is 3.52. The van der Waals surface area contributed by atoms with Crippen LogP contribution in [0.5, 0.6) is 0 Å². The topological polar surface area (TPSA) is 86.1 Å². The molecule has 2 aromatic carbocycles. The van der Waals surface area contributed by atoms with Crippen LogP contribution >= 0.6 is 0 Å². The Morgan fingerprint density at radius 3 is 2.52 bits per heavy atom. The molecule has 2 heterocycles. The maximum atomic E-state index is 9.09. The molecule has 1 fully saturated rings. The molecule has 2 N–H and O–H groups in total. The maximum Gasteiger partial charge on any atom is 0.136 e. The number of hydrogen-bond donors (Lipinski definition) is 2. The van der Waals surface area contributed by atoms with Crippen molar-refractivity contribution in [3.8, 4) is 6.07 Å². The van der Waals surface area contributed by atoms with E-state index in [2.05, 4.69) is 37.6 Å². The second-order valence-electron chi connectivity index (χ2n) is 6.74. The quantitative estimate of drug-likeness (QED) is 0.686. The molecule has 0 aliphatic carbocycles. The normalized spacial score (nSPS) is 13.6. The predicted octanol–water partition coefficient (Wildman–Crippen LogP) is 3.98. The van der Waals surface area contributed by atoms with Crippen molar-refractivity contribution < 1.29 is 4.74 Å². The van der Waals surface area contributed by atoms with Gasteiger partial charge in [0.05, 0.1) is 36.2 Å². The highest BCUT2D eigenvalue weighted by Crippen LogP contribution is 2.29. The van der Waals surface area contributed by atoms with Crippen molar-refractivity contribution in [2.45, 2.75) is 6.92 Å². The number of nitrogens with one attached hydrogen (secondary N) is 2. The minimum Gasteiger partial charge on any atom is -0.378 e. The maximum absolute atomic E-state index is 9.09. The summed E-state index contributed by atoms with van der Waals surface area (Å²) in [6.45, 7) is 5.05. The molecule has 4 rings (SSSR count). The standard InChI is InChI=1S/C22H22N6O/c1-16-24-21(26-18-6-4-5-17(13-18)15-23)14-22(25-16)27-19-7-2-3-8-20(19)28-9-11-29-12-10-28/h2-8,13-14H,9-12H2,1H3,(H2,24,25,26,27). The molecular weight excluding hydrogens is 364 g/mol. The van der Waals surface area contributed by atoms with Crippen LogP contribution < -0.4 is 15.5 Å². The second kappa shape index (κ2) is 8.59. The lowest BCUT2D eigenvalue weighted by Gasteiger charge is -2.30. The second-order valence-corrected chi connectivity index (χ2v) is 6.74. The molecule has 0 unspecified atom stereocenters. The fourth-order valence-corrected chi connectivity index (χ4v) is 3.31. The van der Waals surface area contributed by atoms with Gasteiger partial charge in [-0.2, -0.15) is 5.26 Å². The number of rotatable bonds is 5. The van der Waals surface area contributed by atoms with Crippen molar-refractivity contribution in [2.75, 3.05) is 41.8 Å². The van der Waals surface area contributed by atoms with E-state index in [0.717, 1.165) is 43.4 Å². The van der Waals surface area contributed by atoms with Crippen molar-refractivity contribution in [1.29, 1.82) is 5.26 Å². The average Bonchev–Trinajstić information content (AvgIpc) is 2.74. The van der Waals surface area contributed by atoms with Gasteiger partial charge in [0.1, 0.15) is 17.5 Å². The Balaban J connectivity index is 1.58. The Morgan fingerprint density at radius 2 is 1.72 bits per heavy atom. The van der Waals surface area contributed by atoms with Crippen molar-refractivity contribution in [3.63, 3.8) is 0 Å². The molecule has 7 nitrogen and oxygen atoms in total. The molecule has 1 aliphatic heterocycles. The minimum absolute atomic E-state index is 0.596. The first-order chi connectivity index (χ1) is 14.2. The van der Waals surface area contributed by atoms with E-state index in [4.69, 9.17) is 10.00 Å². The number of para-hydroxylation sites is 2. The molecule has 1 saturated heterocycles. The van der Waals surface area contributed by atoms with Crippen LogP contribution in [-0.2, 0) is 4.74 Å². The highest BCUT2D eigenvalue weighted by molar-refractivity contribution is 5.75. The summed E-state index contributed by atoms with van der Waals surface area (Å²) >= 11 is 0. The van der Waals surface area contributed by atoms with Crippen LogP contribution in [0, 0.1) is 18.3 Å². The Labute approximate surface area is 170 Å². The molecule has 29 heavy (non-hydrogen) atoms. The summed E-state index contributed by atoms with van der Waals surface area (Å²) in [5.74, 6) is 2.02. The molecule has 0 radical (unpaired) electrons. The number of benzene rings is 2. The van der Waals surface area contributed by atoms with E-state index in [9.17, 15) is 0 Å². The first-order valence-electron chi connectivity index (χ1n) is 9.53. The molecule has 0 bridgehead atoms. The van der Waals surface area contributed by atoms with E-state index >= 15 is 0 Å². The third-order valence-electron chi connectivity index (χ3n) is 4.62. The summed E-state index contributed by atoms with van der Waals surface area (Å²) in [5, 5.41) is 15.8. The van der Waals surface area contributed by atoms with E-state index in [-0.39, 0.29) is 0 Å². The molecule has 1 aromatic heterocycles. The Kier molecular flexibility index (Phi) is 5.54. The van der Waals surface area contributed by atoms with E-state index in [1.54, 1.807) is 12.1 Å². The number of hydrogen-bond acceptors (Lipinski definition) is 7. The summed E-state index contributed by atoms with van der Waals surface area (Å²) in [7, 11) is 0. The van der Waals surface area contributed by atoms with Crippen LogP contribution in [-0.4, -0.2) is 36.3 Å². The van der Waals surface area contributed by atoms with Crippen LogP contribution in [0.3, 0.4) is 0 Å². The van der Waals surface area contributed by atoms with Gasteiger partial charge >= 0.3 is 0 Å². The zero-order chi connectivity index (χ0) is 20.1. The fraction of sp³-hybridized carbons (Fsp3) is 0.227. The van der Waals surface area contributed by atoms with Crippen molar-refractivity contribution >= 4 is 28.7 Å². The molecule has 0 amide bonds. The van der Waals surface area contributed by atoms with Gasteiger partial charge < -0.3 is 20.3 Å². The molecule has 3 aromatic rings. The molecule has 1 aliphatic rings. The molecule has 146 valence electrons. The summed E-state index contributed by atoms with van der Waals surface area (Å²) in [4.78, 5) is 11.3. The Bertz CT molecular complexity index is 1040. The molecule has 0 spiro atoms. The average molecular weight is 386 g/mol. The SMILES string of the molecule is Cc1nc(Nc2cccc(C#N)c2)cc(Nc2ccccc2N2CCOCC2)n1. The molecule has 0 atom stereocenters. The number of aryl methyl sites for hydroxylation is 1. The van der Waals surface area contributed by atoms with Crippen molar-refractivity contribution in [2.24, 2.45) is 0 Å². The van der Waals surface area contributed by atoms with Gasteiger partial charge in [-0.25, -0.2) is 9.97 Å². The summed E-state index contributed by atoms with van der Waals surface area (Å²) in [6.07, 6.45) is 0. The zero-order valence-electron chi connectivity index (χ0n) is 16.2. The number of nitriles is 1. The minimum atomic E-state index is 0.596. The third kappa shape index (κ3) is 4.62. The van der Waals surface area contributed by atoms with Gasteiger partial charge in [-0.1, -0.05) is 18.2 Å². The smallest absolute Gasteiger partial charge is 0.136 e. The van der Waals surface area contributed by atoms with Crippen LogP contribution in [0.15, 0.2) is 54.6 Å². The van der Waals surface area contributed by atoms with Gasteiger partial charge in [0.2, 0.25) is 0 Å². The number of morpholine rings is 1. The van der Waals surface area contributed by atoms with Gasteiger partial charge in [0.15, 0.2) is 0 Å². The van der Waals surface area contributed by atoms with Gasteiger partial charge in [-0.05, 0) is 37.3 Å². The highest BCUT2D eigenvalue weighted by atomic mass is 16.5. The lowest BCUT2D eigenvalue weighted by molar-refractivity contribution is 0.123. The van der Waals surface area contributed by atoms with Crippen molar-refractivity contribution in [1.82, 2.24) is 9.97 Å². The van der Waals surface area contributed by atoms with E-state index in [0.29, 0.717) is 23.0 Å². The molecule has 7 heteroatoms. The highest BCUT2D eigenvalue weighted by Gasteiger charge is 2.15. The van der Waals surface area contributed by atoms with Crippen LogP contribution in [0.2, 0.25) is 0 Å². The van der Waals surface area contributed by atoms with Gasteiger partial charge in [-0.15, -0.1) is 0 Å². The first kappa shape index (κ1) is 18.7. The number of anilines is 5. The van der Waals surface area contributed by atoms with E-state index < -0.39 is 0 Å². The third-order valence-corrected chi connectivity index (χ3v) is 4.62. The van der Waals surface area contributed by atoms with Gasteiger partial charge in [0, 0.05) is 24.8 Å². The Morgan fingerprint density at radius 1 is 0.966 bits per heavy atom. The number of nitrogens with zero attached hydrogens (tertiary/aromatic N) is 4. The van der Waals surface area contributed by atoms with Crippen molar-refractivity contribution in [3.05, 3.63) is 66.0 Å². The van der Waals surface area contributed by atoms with Crippen LogP contribution in [0.25, 0.3) is 0 Å². The summed E-state index contributed by atoms with van der Waals surface area (Å²) < 4.78 is 5.47. The van der Waals surface area contributed by atoms with E-state index in [1.165, 1.54) is 0 Å². The number of ether oxygens (including phenoxy) is 1. The van der Waals surface area contributed by atoms with Crippen LogP contribution in [0.4, 0.5) is 28.7 Å². The predicted molar refractivity (Wildman–Crippen MR) is 114 cm³/mol. The largest absolute Gasteiger partial charge is 0.378 e. The van der Waals surface area contributed by atoms with Gasteiger partial charge in [-0.3, -0.25) is 0 Å². The fourth-order valence-electron chi connectivity index (χ4n) is 3.31.